The van der Waals surface area contributed by atoms with Gasteiger partial charge in [0, 0.05) is 12.5 Å². The molecule has 1 saturated heterocycles. The minimum Gasteiger partial charge on any atom is -0.306 e. The largest absolute Gasteiger partial charge is 0.306 e. The molecule has 12 heavy (non-hydrogen) atoms. The van der Waals surface area contributed by atoms with Crippen molar-refractivity contribution in [1.82, 2.24) is 4.90 Å². The lowest BCUT2D eigenvalue weighted by molar-refractivity contribution is 0.0328. The van der Waals surface area contributed by atoms with Gasteiger partial charge in [0.25, 0.3) is 0 Å². The Morgan fingerprint density at radius 2 is 2.50 bits per heavy atom. The first-order chi connectivity index (χ1) is 5.74. The first-order valence-corrected chi connectivity index (χ1v) is 4.38. The van der Waals surface area contributed by atoms with Crippen LogP contribution in [-0.4, -0.2) is 37.8 Å². The van der Waals surface area contributed by atoms with Gasteiger partial charge >= 0.3 is 0 Å². The first-order valence-electron chi connectivity index (χ1n) is 4.38. The van der Waals surface area contributed by atoms with Gasteiger partial charge in [0.1, 0.15) is 6.17 Å². The highest BCUT2D eigenvalue weighted by molar-refractivity contribution is 4.76. The minimum atomic E-state index is -0.905. The van der Waals surface area contributed by atoms with Crippen molar-refractivity contribution in [3.63, 3.8) is 0 Å². The maximum Gasteiger partial charge on any atom is 0.129 e. The molecule has 0 radical (unpaired) electrons. The van der Waals surface area contributed by atoms with Crippen LogP contribution in [0.2, 0.25) is 0 Å². The summed E-state index contributed by atoms with van der Waals surface area (Å²) in [6.45, 7) is 1.93. The van der Waals surface area contributed by atoms with Crippen molar-refractivity contribution in [2.24, 2.45) is 11.8 Å². The summed E-state index contributed by atoms with van der Waals surface area (Å²) in [5.41, 5.74) is 0. The second-order valence-corrected chi connectivity index (χ2v) is 3.51. The molecule has 4 heteroatoms. The normalized spacial score (nSPS) is 28.8. The molecule has 0 bridgehead atoms. The van der Waals surface area contributed by atoms with Crippen molar-refractivity contribution >= 4 is 0 Å². The van der Waals surface area contributed by atoms with E-state index in [1.807, 2.05) is 7.05 Å². The SMILES string of the molecule is CN1CCCC(C(F)CON)C1. The minimum absolute atomic E-state index is 0.0263. The van der Waals surface area contributed by atoms with Crippen LogP contribution in [0.1, 0.15) is 12.8 Å². The van der Waals surface area contributed by atoms with E-state index in [1.165, 1.54) is 0 Å². The van der Waals surface area contributed by atoms with Gasteiger partial charge in [0.05, 0.1) is 6.61 Å². The fourth-order valence-corrected chi connectivity index (χ4v) is 1.73. The van der Waals surface area contributed by atoms with Crippen LogP contribution in [-0.2, 0) is 4.84 Å². The Labute approximate surface area is 72.6 Å². The predicted molar refractivity (Wildman–Crippen MR) is 45.3 cm³/mol. The zero-order chi connectivity index (χ0) is 8.97. The van der Waals surface area contributed by atoms with Crippen LogP contribution < -0.4 is 5.90 Å². The Kier molecular flexibility index (Phi) is 3.91. The Bertz CT molecular complexity index is 134. The van der Waals surface area contributed by atoms with E-state index in [0.29, 0.717) is 0 Å². The van der Waals surface area contributed by atoms with E-state index < -0.39 is 6.17 Å². The smallest absolute Gasteiger partial charge is 0.129 e. The maximum atomic E-state index is 13.2. The van der Waals surface area contributed by atoms with Crippen molar-refractivity contribution in [2.45, 2.75) is 19.0 Å². The van der Waals surface area contributed by atoms with Gasteiger partial charge in [0.15, 0.2) is 0 Å². The second kappa shape index (κ2) is 4.74. The average molecular weight is 176 g/mol. The quantitative estimate of drug-likeness (QED) is 0.638. The summed E-state index contributed by atoms with van der Waals surface area (Å²) in [5.74, 6) is 4.92. The fraction of sp³-hybridized carbons (Fsp3) is 1.00. The summed E-state index contributed by atoms with van der Waals surface area (Å²) in [6, 6.07) is 0. The molecule has 2 N–H and O–H groups in total. The van der Waals surface area contributed by atoms with Gasteiger partial charge in [-0.25, -0.2) is 10.3 Å². The van der Waals surface area contributed by atoms with E-state index in [1.54, 1.807) is 0 Å². The maximum absolute atomic E-state index is 13.2. The highest BCUT2D eigenvalue weighted by Gasteiger charge is 2.25. The molecule has 0 saturated carbocycles. The van der Waals surface area contributed by atoms with Crippen molar-refractivity contribution < 1.29 is 9.23 Å². The number of alkyl halides is 1. The molecule has 1 rings (SSSR count). The van der Waals surface area contributed by atoms with Crippen LogP contribution in [0, 0.1) is 5.92 Å². The van der Waals surface area contributed by atoms with Crippen LogP contribution in [0.15, 0.2) is 0 Å². The number of hydrogen-bond acceptors (Lipinski definition) is 3. The zero-order valence-corrected chi connectivity index (χ0v) is 7.50. The van der Waals surface area contributed by atoms with E-state index in [9.17, 15) is 4.39 Å². The van der Waals surface area contributed by atoms with Crippen LogP contribution in [0.25, 0.3) is 0 Å². The lowest BCUT2D eigenvalue weighted by atomic mass is 9.94. The summed E-state index contributed by atoms with van der Waals surface area (Å²) in [4.78, 5) is 6.45. The Morgan fingerprint density at radius 3 is 3.08 bits per heavy atom. The third-order valence-electron chi connectivity index (χ3n) is 2.43. The Balaban J connectivity index is 2.29. The average Bonchev–Trinajstić information content (AvgIpc) is 2.05. The summed E-state index contributed by atoms with van der Waals surface area (Å²) in [6.07, 6.45) is 1.12. The number of nitrogens with zero attached hydrogens (tertiary/aromatic N) is 1. The monoisotopic (exact) mass is 176 g/mol. The van der Waals surface area contributed by atoms with Gasteiger partial charge in [-0.2, -0.15) is 0 Å². The van der Waals surface area contributed by atoms with E-state index in [-0.39, 0.29) is 12.5 Å². The predicted octanol–water partition coefficient (Wildman–Crippen LogP) is 0.557. The van der Waals surface area contributed by atoms with Crippen LogP contribution in [0.3, 0.4) is 0 Å². The van der Waals surface area contributed by atoms with Gasteiger partial charge in [0.2, 0.25) is 0 Å². The molecule has 0 spiro atoms. The molecule has 2 unspecified atom stereocenters. The fourth-order valence-electron chi connectivity index (χ4n) is 1.73. The molecule has 1 aliphatic heterocycles. The molecule has 0 amide bonds. The molecule has 2 atom stereocenters. The summed E-state index contributed by atoms with van der Waals surface area (Å²) in [7, 11) is 2.02. The molecule has 1 fully saturated rings. The Morgan fingerprint density at radius 1 is 1.75 bits per heavy atom. The molecular weight excluding hydrogens is 159 g/mol. The molecule has 0 aromatic carbocycles. The third kappa shape index (κ3) is 2.69. The van der Waals surface area contributed by atoms with E-state index in [2.05, 4.69) is 9.74 Å². The highest BCUT2D eigenvalue weighted by Crippen LogP contribution is 2.20. The summed E-state index contributed by atoms with van der Waals surface area (Å²) in [5, 5.41) is 0. The van der Waals surface area contributed by atoms with Gasteiger partial charge in [-0.05, 0) is 26.4 Å². The van der Waals surface area contributed by atoms with Crippen LogP contribution in [0.4, 0.5) is 4.39 Å². The lowest BCUT2D eigenvalue weighted by Crippen LogP contribution is -2.38. The summed E-state index contributed by atoms with van der Waals surface area (Å²) >= 11 is 0. The molecule has 3 nitrogen and oxygen atoms in total. The molecular formula is C8H17FN2O. The zero-order valence-electron chi connectivity index (χ0n) is 7.50. The van der Waals surface area contributed by atoms with E-state index in [0.717, 1.165) is 25.9 Å². The van der Waals surface area contributed by atoms with E-state index >= 15 is 0 Å². The van der Waals surface area contributed by atoms with Crippen molar-refractivity contribution in [3.05, 3.63) is 0 Å². The molecule has 1 aliphatic rings. The standard InChI is InChI=1S/C8H17FN2O/c1-11-4-2-3-7(5-11)8(9)6-12-10/h7-8H,2-6,10H2,1H3. The van der Waals surface area contributed by atoms with Crippen molar-refractivity contribution in [1.29, 1.82) is 0 Å². The number of halogens is 1. The first kappa shape index (κ1) is 9.89. The van der Waals surface area contributed by atoms with Crippen LogP contribution >= 0.6 is 0 Å². The van der Waals surface area contributed by atoms with Crippen molar-refractivity contribution in [2.75, 3.05) is 26.7 Å². The van der Waals surface area contributed by atoms with Gasteiger partial charge in [-0.15, -0.1) is 0 Å². The number of nitrogens with two attached hydrogens (primary N) is 1. The van der Waals surface area contributed by atoms with E-state index in [4.69, 9.17) is 5.90 Å². The van der Waals surface area contributed by atoms with Gasteiger partial charge < -0.3 is 9.74 Å². The molecule has 1 heterocycles. The van der Waals surface area contributed by atoms with Gasteiger partial charge in [-0.1, -0.05) is 0 Å². The van der Waals surface area contributed by atoms with Gasteiger partial charge in [-0.3, -0.25) is 0 Å². The number of piperidine rings is 1. The molecule has 0 aromatic heterocycles. The Hall–Kier alpha value is -0.190. The molecule has 0 aliphatic carbocycles. The third-order valence-corrected chi connectivity index (χ3v) is 2.43. The van der Waals surface area contributed by atoms with Crippen LogP contribution in [0.5, 0.6) is 0 Å². The molecule has 72 valence electrons. The number of rotatable bonds is 3. The summed E-state index contributed by atoms with van der Waals surface area (Å²) < 4.78 is 13.2. The lowest BCUT2D eigenvalue weighted by Gasteiger charge is -2.31. The number of hydrogen-bond donors (Lipinski definition) is 1. The highest BCUT2D eigenvalue weighted by atomic mass is 19.1. The topological polar surface area (TPSA) is 38.5 Å². The number of likely N-dealkylation sites (tertiary alicyclic amines) is 1. The molecule has 0 aromatic rings. The van der Waals surface area contributed by atoms with Crippen molar-refractivity contribution in [3.8, 4) is 0 Å². The second-order valence-electron chi connectivity index (χ2n) is 3.51.